The third kappa shape index (κ3) is 4.55. The van der Waals surface area contributed by atoms with Crippen molar-refractivity contribution < 1.29 is 0 Å². The first-order chi connectivity index (χ1) is 12.6. The average Bonchev–Trinajstić information content (AvgIpc) is 2.64. The molecule has 0 heterocycles. The molecule has 0 radical (unpaired) electrons. The van der Waals surface area contributed by atoms with E-state index in [4.69, 9.17) is 11.2 Å². The van der Waals surface area contributed by atoms with E-state index >= 15 is 0 Å². The molecule has 3 aromatic rings. The quantitative estimate of drug-likeness (QED) is 0.446. The lowest BCUT2D eigenvalue weighted by molar-refractivity contribution is 1.46. The van der Waals surface area contributed by atoms with Gasteiger partial charge in [0.15, 0.2) is 0 Å². The van der Waals surface area contributed by atoms with Crippen LogP contribution < -0.4 is 15.9 Å². The fourth-order valence-corrected chi connectivity index (χ4v) is 9.22. The van der Waals surface area contributed by atoms with Crippen LogP contribution >= 0.6 is 26.4 Å². The molecule has 0 spiro atoms. The lowest BCUT2D eigenvalue weighted by atomic mass is 10.2. The van der Waals surface area contributed by atoms with Crippen LogP contribution in [0.15, 0.2) is 72.8 Å². The van der Waals surface area contributed by atoms with Crippen LogP contribution in [0.1, 0.15) is 16.7 Å². The summed E-state index contributed by atoms with van der Waals surface area (Å²) in [5.74, 6) is 0. The van der Waals surface area contributed by atoms with Crippen molar-refractivity contribution in [2.45, 2.75) is 20.8 Å². The van der Waals surface area contributed by atoms with E-state index in [-0.39, 0.29) is 0 Å². The first kappa shape index (κ1) is 19.6. The topological polar surface area (TPSA) is 0 Å². The van der Waals surface area contributed by atoms with E-state index in [1.54, 1.807) is 0 Å². The number of aryl methyl sites for hydroxylation is 3. The van der Waals surface area contributed by atoms with Crippen molar-refractivity contribution in [1.29, 1.82) is 0 Å². The average molecular weight is 399 g/mol. The summed E-state index contributed by atoms with van der Waals surface area (Å²) in [6, 6.07) is 26.2. The summed E-state index contributed by atoms with van der Waals surface area (Å²) in [5.41, 5.74) is 4.08. The zero-order valence-electron chi connectivity index (χ0n) is 15.6. The zero-order chi connectivity index (χ0) is 18.5. The van der Waals surface area contributed by atoms with Crippen LogP contribution in [0.4, 0.5) is 0 Å². The molecule has 3 aromatic carbocycles. The summed E-state index contributed by atoms with van der Waals surface area (Å²) in [6.45, 7) is 6.63. The SMILES string of the molecule is Cc1ccccc1P(Cl)CCP(c1ccccc1C)c1ccccc1C. The van der Waals surface area contributed by atoms with Crippen molar-refractivity contribution in [3.8, 4) is 0 Å². The molecular formula is C23H25ClP2. The predicted octanol–water partition coefficient (Wildman–Crippen LogP) is 6.01. The molecule has 3 rings (SSSR count). The highest BCUT2D eigenvalue weighted by atomic mass is 35.7. The Morgan fingerprint density at radius 3 is 1.38 bits per heavy atom. The van der Waals surface area contributed by atoms with Crippen LogP contribution in [0, 0.1) is 20.8 Å². The van der Waals surface area contributed by atoms with Gasteiger partial charge >= 0.3 is 0 Å². The van der Waals surface area contributed by atoms with Crippen molar-refractivity contribution in [3.05, 3.63) is 89.5 Å². The Hall–Kier alpha value is -1.19. The Bertz CT molecular complexity index is 830. The van der Waals surface area contributed by atoms with E-state index in [0.29, 0.717) is 0 Å². The van der Waals surface area contributed by atoms with Crippen molar-refractivity contribution in [3.63, 3.8) is 0 Å². The lowest BCUT2D eigenvalue weighted by Gasteiger charge is -2.24. The molecule has 0 amide bonds. The Labute approximate surface area is 164 Å². The molecule has 0 saturated heterocycles. The maximum Gasteiger partial charge on any atom is 0.0219 e. The Morgan fingerprint density at radius 2 is 0.962 bits per heavy atom. The maximum absolute atomic E-state index is 6.89. The standard InChI is InChI=1S/C23H25ClP2/c1-18-10-4-7-13-21(18)25(22-14-8-5-11-19(22)2)16-17-26(24)23-15-9-6-12-20(23)3/h4-15H,16-17H2,1-3H3. The highest BCUT2D eigenvalue weighted by Crippen LogP contribution is 2.46. The number of halogens is 1. The second-order valence-electron chi connectivity index (χ2n) is 6.60. The van der Waals surface area contributed by atoms with Crippen molar-refractivity contribution >= 4 is 42.4 Å². The van der Waals surface area contributed by atoms with Gasteiger partial charge in [0.25, 0.3) is 0 Å². The molecule has 134 valence electrons. The van der Waals surface area contributed by atoms with Gasteiger partial charge in [-0.25, -0.2) is 0 Å². The minimum Gasteiger partial charge on any atom is -0.0911 e. The van der Waals surface area contributed by atoms with Gasteiger partial charge in [-0.15, -0.1) is 0 Å². The molecule has 0 aliphatic rings. The minimum atomic E-state index is -0.641. The fraction of sp³-hybridized carbons (Fsp3) is 0.217. The summed E-state index contributed by atoms with van der Waals surface area (Å²) in [6.07, 6.45) is 2.19. The van der Waals surface area contributed by atoms with Gasteiger partial charge in [-0.3, -0.25) is 0 Å². The minimum absolute atomic E-state index is 0.393. The largest absolute Gasteiger partial charge is 0.0911 e. The van der Waals surface area contributed by atoms with Gasteiger partial charge in [-0.05, 0) is 73.6 Å². The zero-order valence-corrected chi connectivity index (χ0v) is 18.2. The highest BCUT2D eigenvalue weighted by Gasteiger charge is 2.20. The van der Waals surface area contributed by atoms with E-state index in [0.717, 1.165) is 12.3 Å². The van der Waals surface area contributed by atoms with Crippen LogP contribution in [0.3, 0.4) is 0 Å². The van der Waals surface area contributed by atoms with Crippen molar-refractivity contribution in [2.24, 2.45) is 0 Å². The van der Waals surface area contributed by atoms with E-state index in [9.17, 15) is 0 Å². The molecule has 0 nitrogen and oxygen atoms in total. The highest BCUT2D eigenvalue weighted by molar-refractivity contribution is 7.90. The molecule has 3 heteroatoms. The number of hydrogen-bond acceptors (Lipinski definition) is 0. The van der Waals surface area contributed by atoms with Gasteiger partial charge in [0, 0.05) is 7.27 Å². The summed E-state index contributed by atoms with van der Waals surface area (Å²) < 4.78 is 0. The third-order valence-electron chi connectivity index (χ3n) is 4.71. The number of benzene rings is 3. The molecule has 0 aromatic heterocycles. The second-order valence-corrected chi connectivity index (χ2v) is 11.7. The van der Waals surface area contributed by atoms with Crippen LogP contribution in [0.5, 0.6) is 0 Å². The van der Waals surface area contributed by atoms with Crippen molar-refractivity contribution in [1.82, 2.24) is 0 Å². The fourth-order valence-electron chi connectivity index (χ4n) is 3.25. The Balaban J connectivity index is 1.89. The van der Waals surface area contributed by atoms with Crippen LogP contribution in [-0.2, 0) is 0 Å². The molecule has 26 heavy (non-hydrogen) atoms. The van der Waals surface area contributed by atoms with E-state index in [1.807, 2.05) is 0 Å². The smallest absolute Gasteiger partial charge is 0.0219 e. The van der Waals surface area contributed by atoms with Crippen molar-refractivity contribution in [2.75, 3.05) is 12.3 Å². The molecule has 0 aliphatic heterocycles. The van der Waals surface area contributed by atoms with E-state index < -0.39 is 15.2 Å². The van der Waals surface area contributed by atoms with Crippen LogP contribution in [0.2, 0.25) is 0 Å². The molecule has 0 aliphatic carbocycles. The second kappa shape index (κ2) is 9.14. The Morgan fingerprint density at radius 1 is 0.577 bits per heavy atom. The summed E-state index contributed by atoms with van der Waals surface area (Å²) in [7, 11) is -1.03. The van der Waals surface area contributed by atoms with Crippen LogP contribution in [-0.4, -0.2) is 12.3 Å². The van der Waals surface area contributed by atoms with Crippen LogP contribution in [0.25, 0.3) is 0 Å². The lowest BCUT2D eigenvalue weighted by Crippen LogP contribution is -2.20. The summed E-state index contributed by atoms with van der Waals surface area (Å²) in [4.78, 5) is 0. The van der Waals surface area contributed by atoms with Gasteiger partial charge in [-0.1, -0.05) is 84.0 Å². The van der Waals surface area contributed by atoms with Gasteiger partial charge in [-0.2, -0.15) is 0 Å². The molecule has 0 saturated carbocycles. The molecule has 1 unspecified atom stereocenters. The molecule has 0 N–H and O–H groups in total. The molecule has 0 fully saturated rings. The van der Waals surface area contributed by atoms with Gasteiger partial charge in [0.2, 0.25) is 0 Å². The normalized spacial score (nSPS) is 12.3. The van der Waals surface area contributed by atoms with Gasteiger partial charge in [0.1, 0.15) is 0 Å². The van der Waals surface area contributed by atoms with Gasteiger partial charge < -0.3 is 0 Å². The monoisotopic (exact) mass is 398 g/mol. The predicted molar refractivity (Wildman–Crippen MR) is 122 cm³/mol. The first-order valence-electron chi connectivity index (χ1n) is 8.95. The Kier molecular flexibility index (Phi) is 6.88. The van der Waals surface area contributed by atoms with E-state index in [2.05, 4.69) is 93.6 Å². The molecular weight excluding hydrogens is 374 g/mol. The first-order valence-corrected chi connectivity index (χ1v) is 12.9. The van der Waals surface area contributed by atoms with E-state index in [1.165, 1.54) is 32.6 Å². The third-order valence-corrected chi connectivity index (χ3v) is 10.6. The summed E-state index contributed by atoms with van der Waals surface area (Å²) in [5, 5.41) is 4.30. The maximum atomic E-state index is 6.89. The number of rotatable bonds is 6. The number of hydrogen-bond donors (Lipinski definition) is 0. The van der Waals surface area contributed by atoms with Gasteiger partial charge in [0.05, 0.1) is 0 Å². The summed E-state index contributed by atoms with van der Waals surface area (Å²) >= 11 is 6.89. The molecule has 0 bridgehead atoms. The molecule has 1 atom stereocenters.